The van der Waals surface area contributed by atoms with Crippen LogP contribution in [0.1, 0.15) is 46.9 Å². The smallest absolute Gasteiger partial charge is 0.306 e. The Bertz CT molecular complexity index is 1030. The van der Waals surface area contributed by atoms with Crippen LogP contribution in [0.3, 0.4) is 0 Å². The van der Waals surface area contributed by atoms with E-state index in [1.807, 2.05) is 38.1 Å². The molecule has 0 saturated carbocycles. The molecule has 1 aromatic heterocycles. The number of carbonyl (C=O) groups is 2. The van der Waals surface area contributed by atoms with Crippen molar-refractivity contribution in [3.63, 3.8) is 0 Å². The van der Waals surface area contributed by atoms with Gasteiger partial charge in [-0.1, -0.05) is 18.2 Å². The minimum Gasteiger partial charge on any atom is -0.453 e. The topological polar surface area (TPSA) is 112 Å². The van der Waals surface area contributed by atoms with Crippen LogP contribution in [-0.4, -0.2) is 23.0 Å². The number of rotatable bonds is 6. The van der Waals surface area contributed by atoms with E-state index in [1.54, 1.807) is 13.8 Å². The van der Waals surface area contributed by atoms with Crippen LogP contribution in [0.2, 0.25) is 0 Å². The van der Waals surface area contributed by atoms with E-state index in [0.717, 1.165) is 16.7 Å². The number of H-pyrrole nitrogens is 1. The molecule has 7 heteroatoms. The van der Waals surface area contributed by atoms with Gasteiger partial charge in [-0.25, -0.2) is 0 Å². The highest BCUT2D eigenvalue weighted by molar-refractivity contribution is 5.96. The molecule has 29 heavy (non-hydrogen) atoms. The first-order valence-corrected chi connectivity index (χ1v) is 9.34. The van der Waals surface area contributed by atoms with Crippen molar-refractivity contribution in [1.29, 1.82) is 5.26 Å². The summed E-state index contributed by atoms with van der Waals surface area (Å²) < 4.78 is 5.26. The number of carbonyl (C=O) groups excluding carboxylic acids is 2. The van der Waals surface area contributed by atoms with Gasteiger partial charge < -0.3 is 15.0 Å². The molecule has 2 rings (SSSR count). The van der Waals surface area contributed by atoms with Crippen molar-refractivity contribution >= 4 is 17.6 Å². The maximum atomic E-state index is 12.4. The largest absolute Gasteiger partial charge is 0.453 e. The fourth-order valence-electron chi connectivity index (χ4n) is 3.19. The van der Waals surface area contributed by atoms with Crippen molar-refractivity contribution in [3.8, 4) is 6.07 Å². The molecule has 7 nitrogen and oxygen atoms in total. The van der Waals surface area contributed by atoms with Crippen molar-refractivity contribution < 1.29 is 14.3 Å². The first-order chi connectivity index (χ1) is 13.6. The molecule has 0 aliphatic carbocycles. The molecule has 1 amide bonds. The maximum Gasteiger partial charge on any atom is 0.306 e. The Morgan fingerprint density at radius 3 is 2.41 bits per heavy atom. The number of pyridine rings is 1. The first kappa shape index (κ1) is 21.9. The van der Waals surface area contributed by atoms with Crippen molar-refractivity contribution in [1.82, 2.24) is 4.98 Å². The van der Waals surface area contributed by atoms with Crippen molar-refractivity contribution in [2.45, 2.75) is 53.6 Å². The average molecular weight is 395 g/mol. The highest BCUT2D eigenvalue weighted by Crippen LogP contribution is 2.20. The van der Waals surface area contributed by atoms with Crippen LogP contribution in [0.5, 0.6) is 0 Å². The summed E-state index contributed by atoms with van der Waals surface area (Å²) in [6.45, 7) is 8.71. The first-order valence-electron chi connectivity index (χ1n) is 9.34. The van der Waals surface area contributed by atoms with Gasteiger partial charge in [0.25, 0.3) is 11.5 Å². The summed E-state index contributed by atoms with van der Waals surface area (Å²) >= 11 is 0. The summed E-state index contributed by atoms with van der Waals surface area (Å²) in [5, 5.41) is 11.9. The van der Waals surface area contributed by atoms with Crippen molar-refractivity contribution in [2.75, 3.05) is 5.32 Å². The number of hydrogen-bond donors (Lipinski definition) is 2. The Morgan fingerprint density at radius 1 is 1.21 bits per heavy atom. The van der Waals surface area contributed by atoms with Gasteiger partial charge in [0.05, 0.1) is 0 Å². The van der Waals surface area contributed by atoms with Gasteiger partial charge >= 0.3 is 5.97 Å². The molecule has 0 aliphatic heterocycles. The van der Waals surface area contributed by atoms with E-state index in [-0.39, 0.29) is 12.0 Å². The number of benzene rings is 1. The number of ether oxygens (including phenoxy) is 1. The Balaban J connectivity index is 2.00. The second-order valence-corrected chi connectivity index (χ2v) is 7.06. The summed E-state index contributed by atoms with van der Waals surface area (Å²) in [5.74, 6) is -0.934. The van der Waals surface area contributed by atoms with E-state index in [4.69, 9.17) is 10.00 Å². The van der Waals surface area contributed by atoms with Gasteiger partial charge in [-0.2, -0.15) is 5.26 Å². The minimum absolute atomic E-state index is 0.0274. The molecule has 1 heterocycles. The Kier molecular flexibility index (Phi) is 6.94. The number of aryl methyl sites for hydroxylation is 3. The third kappa shape index (κ3) is 5.11. The fraction of sp³-hybridized carbons (Fsp3) is 0.364. The summed E-state index contributed by atoms with van der Waals surface area (Å²) in [6.07, 6.45) is -0.624. The van der Waals surface area contributed by atoms with Crippen LogP contribution in [0, 0.1) is 39.0 Å². The second kappa shape index (κ2) is 9.20. The molecule has 0 fully saturated rings. The van der Waals surface area contributed by atoms with Gasteiger partial charge in [0.15, 0.2) is 6.10 Å². The summed E-state index contributed by atoms with van der Waals surface area (Å²) in [7, 11) is 0. The molecule has 2 N–H and O–H groups in total. The zero-order chi connectivity index (χ0) is 21.7. The molecule has 2 aromatic rings. The lowest BCUT2D eigenvalue weighted by atomic mass is 9.99. The number of hydrogen-bond acceptors (Lipinski definition) is 5. The number of nitrogens with one attached hydrogen (secondary N) is 2. The molecule has 0 radical (unpaired) electrons. The predicted molar refractivity (Wildman–Crippen MR) is 110 cm³/mol. The molecule has 0 unspecified atom stereocenters. The molecule has 1 aromatic carbocycles. The second-order valence-electron chi connectivity index (χ2n) is 7.06. The molecular formula is C22H25N3O4. The zero-order valence-corrected chi connectivity index (χ0v) is 17.3. The number of aromatic amines is 1. The van der Waals surface area contributed by atoms with Crippen molar-refractivity contribution in [2.24, 2.45) is 0 Å². The van der Waals surface area contributed by atoms with Crippen LogP contribution in [-0.2, 0) is 20.7 Å². The number of aromatic nitrogens is 1. The lowest BCUT2D eigenvalue weighted by Gasteiger charge is -2.16. The third-order valence-electron chi connectivity index (χ3n) is 4.91. The fourth-order valence-corrected chi connectivity index (χ4v) is 3.19. The van der Waals surface area contributed by atoms with E-state index in [9.17, 15) is 14.4 Å². The number of para-hydroxylation sites is 1. The van der Waals surface area contributed by atoms with Crippen LogP contribution >= 0.6 is 0 Å². The molecule has 0 aliphatic rings. The van der Waals surface area contributed by atoms with Crippen LogP contribution < -0.4 is 10.9 Å². The molecule has 0 saturated heterocycles. The van der Waals surface area contributed by atoms with Crippen LogP contribution in [0.15, 0.2) is 23.0 Å². The van der Waals surface area contributed by atoms with Gasteiger partial charge in [0, 0.05) is 17.8 Å². The number of nitrogens with zero attached hydrogens (tertiary/aromatic N) is 1. The SMILES string of the molecule is Cc1cccc(C)c1NC(=O)[C@@H](C)OC(=O)CCc1c(C)[nH]c(=O)c(C#N)c1C. The monoisotopic (exact) mass is 395 g/mol. The Labute approximate surface area is 169 Å². The lowest BCUT2D eigenvalue weighted by Crippen LogP contribution is -2.30. The number of amides is 1. The van der Waals surface area contributed by atoms with E-state index >= 15 is 0 Å². The van der Waals surface area contributed by atoms with Gasteiger partial charge in [-0.15, -0.1) is 0 Å². The predicted octanol–water partition coefficient (Wildman–Crippen LogP) is 2.98. The quantitative estimate of drug-likeness (QED) is 0.730. The van der Waals surface area contributed by atoms with Crippen LogP contribution in [0.4, 0.5) is 5.69 Å². The maximum absolute atomic E-state index is 12.4. The molecule has 0 spiro atoms. The Hall–Kier alpha value is -3.40. The van der Waals surface area contributed by atoms with E-state index in [0.29, 0.717) is 23.4 Å². The summed E-state index contributed by atoms with van der Waals surface area (Å²) in [4.78, 5) is 39.0. The van der Waals surface area contributed by atoms with Gasteiger partial charge in [-0.3, -0.25) is 14.4 Å². The van der Waals surface area contributed by atoms with Crippen molar-refractivity contribution in [3.05, 3.63) is 62.1 Å². The summed E-state index contributed by atoms with van der Waals surface area (Å²) in [6, 6.07) is 7.58. The minimum atomic E-state index is -0.950. The molecular weight excluding hydrogens is 370 g/mol. The highest BCUT2D eigenvalue weighted by atomic mass is 16.5. The Morgan fingerprint density at radius 2 is 1.83 bits per heavy atom. The van der Waals surface area contributed by atoms with Crippen LogP contribution in [0.25, 0.3) is 0 Å². The number of esters is 1. The molecule has 152 valence electrons. The summed E-state index contributed by atoms with van der Waals surface area (Å²) in [5.41, 5.74) is 4.06. The highest BCUT2D eigenvalue weighted by Gasteiger charge is 2.20. The third-order valence-corrected chi connectivity index (χ3v) is 4.91. The standard InChI is InChI=1S/C22H25N3O4/c1-12-7-6-8-13(2)20(12)25-21(27)16(5)29-19(26)10-9-17-14(3)18(11-23)22(28)24-15(17)4/h6-8,16H,9-10H2,1-5H3,(H,24,28)(H,25,27)/t16-/m1/s1. The zero-order valence-electron chi connectivity index (χ0n) is 17.3. The van der Waals surface area contributed by atoms with Gasteiger partial charge in [0.1, 0.15) is 11.6 Å². The molecule has 1 atom stereocenters. The van der Waals surface area contributed by atoms with Gasteiger partial charge in [0.2, 0.25) is 0 Å². The normalized spacial score (nSPS) is 11.4. The number of nitriles is 1. The number of anilines is 1. The van der Waals surface area contributed by atoms with E-state index < -0.39 is 23.5 Å². The van der Waals surface area contributed by atoms with E-state index in [1.165, 1.54) is 6.92 Å². The lowest BCUT2D eigenvalue weighted by molar-refractivity contribution is -0.153. The average Bonchev–Trinajstić information content (AvgIpc) is 2.64. The van der Waals surface area contributed by atoms with E-state index in [2.05, 4.69) is 10.3 Å². The molecule has 0 bridgehead atoms. The van der Waals surface area contributed by atoms with Gasteiger partial charge in [-0.05, 0) is 63.3 Å².